The molecule has 0 radical (unpaired) electrons. The molecule has 0 bridgehead atoms. The molecule has 8 heteroatoms. The molecule has 33 heavy (non-hydrogen) atoms. The van der Waals surface area contributed by atoms with Gasteiger partial charge in [-0.3, -0.25) is 9.59 Å². The Kier molecular flexibility index (Phi) is 6.26. The molecule has 4 rings (SSSR count). The summed E-state index contributed by atoms with van der Waals surface area (Å²) in [5.41, 5.74) is 3.91. The molecule has 0 unspecified atom stereocenters. The SMILES string of the molecule is COc1ccc(C(=O)NCC(=O)Nc2ccc(-c3nc4ccccc4n3C)cc2)cc1OC. The van der Waals surface area contributed by atoms with E-state index in [1.807, 2.05) is 60.1 Å². The number of aromatic nitrogens is 2. The van der Waals surface area contributed by atoms with E-state index >= 15 is 0 Å². The van der Waals surface area contributed by atoms with Crippen LogP contribution in [-0.2, 0) is 11.8 Å². The van der Waals surface area contributed by atoms with E-state index in [-0.39, 0.29) is 18.4 Å². The Labute approximate surface area is 191 Å². The highest BCUT2D eigenvalue weighted by molar-refractivity contribution is 5.99. The van der Waals surface area contributed by atoms with Gasteiger partial charge in [-0.25, -0.2) is 4.98 Å². The lowest BCUT2D eigenvalue weighted by atomic mass is 10.2. The highest BCUT2D eigenvalue weighted by Crippen LogP contribution is 2.27. The number of nitrogens with zero attached hydrogens (tertiary/aromatic N) is 2. The number of benzene rings is 3. The Morgan fingerprint density at radius 3 is 2.36 bits per heavy atom. The maximum Gasteiger partial charge on any atom is 0.251 e. The molecular formula is C25H24N4O4. The van der Waals surface area contributed by atoms with E-state index in [0.29, 0.717) is 22.7 Å². The summed E-state index contributed by atoms with van der Waals surface area (Å²) in [4.78, 5) is 29.4. The predicted molar refractivity (Wildman–Crippen MR) is 127 cm³/mol. The van der Waals surface area contributed by atoms with Gasteiger partial charge < -0.3 is 24.7 Å². The summed E-state index contributed by atoms with van der Waals surface area (Å²) in [7, 11) is 4.99. The zero-order chi connectivity index (χ0) is 23.4. The van der Waals surface area contributed by atoms with Crippen molar-refractivity contribution < 1.29 is 19.1 Å². The van der Waals surface area contributed by atoms with Gasteiger partial charge in [-0.15, -0.1) is 0 Å². The van der Waals surface area contributed by atoms with Crippen molar-refractivity contribution in [3.05, 3.63) is 72.3 Å². The topological polar surface area (TPSA) is 94.5 Å². The normalized spacial score (nSPS) is 10.6. The first kappa shape index (κ1) is 21.9. The van der Waals surface area contributed by atoms with Crippen LogP contribution in [0.1, 0.15) is 10.4 Å². The number of aryl methyl sites for hydroxylation is 1. The molecule has 0 aliphatic carbocycles. The van der Waals surface area contributed by atoms with Gasteiger partial charge >= 0.3 is 0 Å². The smallest absolute Gasteiger partial charge is 0.251 e. The summed E-state index contributed by atoms with van der Waals surface area (Å²) in [6, 6.07) is 20.2. The van der Waals surface area contributed by atoms with Crippen LogP contribution in [0.3, 0.4) is 0 Å². The fraction of sp³-hybridized carbons (Fsp3) is 0.160. The fourth-order valence-corrected chi connectivity index (χ4v) is 3.55. The summed E-state index contributed by atoms with van der Waals surface area (Å²) in [5.74, 6) is 1.09. The van der Waals surface area contributed by atoms with Crippen molar-refractivity contribution in [2.24, 2.45) is 7.05 Å². The quantitative estimate of drug-likeness (QED) is 0.454. The standard InChI is InChI=1S/C25H24N4O4/c1-29-20-7-5-4-6-19(20)28-24(29)16-8-11-18(12-9-16)27-23(30)15-26-25(31)17-10-13-21(32-2)22(14-17)33-3/h4-14H,15H2,1-3H3,(H,26,31)(H,27,30). The van der Waals surface area contributed by atoms with Crippen LogP contribution in [0.15, 0.2) is 66.7 Å². The minimum atomic E-state index is -0.386. The predicted octanol–water partition coefficient (Wildman–Crippen LogP) is 3.63. The third-order valence-electron chi connectivity index (χ3n) is 5.27. The van der Waals surface area contributed by atoms with Gasteiger partial charge in [0.05, 0.1) is 31.8 Å². The van der Waals surface area contributed by atoms with Crippen LogP contribution < -0.4 is 20.1 Å². The Hall–Kier alpha value is -4.33. The van der Waals surface area contributed by atoms with Crippen LogP contribution in [0.25, 0.3) is 22.4 Å². The molecule has 0 fully saturated rings. The number of nitrogens with one attached hydrogen (secondary N) is 2. The fourth-order valence-electron chi connectivity index (χ4n) is 3.55. The van der Waals surface area contributed by atoms with E-state index in [9.17, 15) is 9.59 Å². The highest BCUT2D eigenvalue weighted by atomic mass is 16.5. The molecule has 8 nitrogen and oxygen atoms in total. The summed E-state index contributed by atoms with van der Waals surface area (Å²) in [5, 5.41) is 5.39. The largest absolute Gasteiger partial charge is 0.493 e. The highest BCUT2D eigenvalue weighted by Gasteiger charge is 2.13. The van der Waals surface area contributed by atoms with Gasteiger partial charge in [0, 0.05) is 23.9 Å². The number of imidazole rings is 1. The van der Waals surface area contributed by atoms with Crippen molar-refractivity contribution in [2.75, 3.05) is 26.1 Å². The van der Waals surface area contributed by atoms with Gasteiger partial charge in [0.1, 0.15) is 5.82 Å². The van der Waals surface area contributed by atoms with Crippen molar-refractivity contribution >= 4 is 28.5 Å². The first-order valence-corrected chi connectivity index (χ1v) is 10.3. The van der Waals surface area contributed by atoms with Gasteiger partial charge in [0.15, 0.2) is 11.5 Å². The molecule has 0 aliphatic rings. The third-order valence-corrected chi connectivity index (χ3v) is 5.27. The van der Waals surface area contributed by atoms with Crippen LogP contribution in [-0.4, -0.2) is 42.1 Å². The van der Waals surface area contributed by atoms with E-state index < -0.39 is 0 Å². The first-order chi connectivity index (χ1) is 16.0. The number of rotatable bonds is 7. The van der Waals surface area contributed by atoms with Crippen LogP contribution in [0, 0.1) is 0 Å². The second-order valence-electron chi connectivity index (χ2n) is 7.36. The number of amides is 2. The number of fused-ring (bicyclic) bond motifs is 1. The number of para-hydroxylation sites is 2. The zero-order valence-corrected chi connectivity index (χ0v) is 18.6. The van der Waals surface area contributed by atoms with Crippen molar-refractivity contribution in [3.8, 4) is 22.9 Å². The second-order valence-corrected chi connectivity index (χ2v) is 7.36. The average Bonchev–Trinajstić information content (AvgIpc) is 3.19. The number of carbonyl (C=O) groups is 2. The molecule has 0 aliphatic heterocycles. The molecule has 0 atom stereocenters. The van der Waals surface area contributed by atoms with E-state index in [1.54, 1.807) is 18.2 Å². The van der Waals surface area contributed by atoms with Gasteiger partial charge in [-0.2, -0.15) is 0 Å². The van der Waals surface area contributed by atoms with Crippen molar-refractivity contribution in [2.45, 2.75) is 0 Å². The number of hydrogen-bond donors (Lipinski definition) is 2. The Bertz CT molecular complexity index is 1310. The lowest BCUT2D eigenvalue weighted by molar-refractivity contribution is -0.115. The minimum Gasteiger partial charge on any atom is -0.493 e. The number of carbonyl (C=O) groups excluding carboxylic acids is 2. The van der Waals surface area contributed by atoms with Gasteiger partial charge in [0.2, 0.25) is 5.91 Å². The van der Waals surface area contributed by atoms with Crippen LogP contribution in [0.2, 0.25) is 0 Å². The van der Waals surface area contributed by atoms with Crippen molar-refractivity contribution in [3.63, 3.8) is 0 Å². The number of hydrogen-bond acceptors (Lipinski definition) is 5. The monoisotopic (exact) mass is 444 g/mol. The van der Waals surface area contributed by atoms with Gasteiger partial charge in [0.25, 0.3) is 5.91 Å². The van der Waals surface area contributed by atoms with Crippen molar-refractivity contribution in [1.82, 2.24) is 14.9 Å². The molecule has 2 N–H and O–H groups in total. The van der Waals surface area contributed by atoms with E-state index in [0.717, 1.165) is 22.4 Å². The molecule has 168 valence electrons. The molecule has 3 aromatic carbocycles. The Balaban J connectivity index is 1.37. The molecule has 2 amide bonds. The molecular weight excluding hydrogens is 420 g/mol. The summed E-state index contributed by atoms with van der Waals surface area (Å²) < 4.78 is 12.4. The number of ether oxygens (including phenoxy) is 2. The molecule has 0 spiro atoms. The van der Waals surface area contributed by atoms with Crippen LogP contribution >= 0.6 is 0 Å². The summed E-state index contributed by atoms with van der Waals surface area (Å²) in [6.45, 7) is -0.167. The summed E-state index contributed by atoms with van der Waals surface area (Å²) in [6.07, 6.45) is 0. The first-order valence-electron chi connectivity index (χ1n) is 10.3. The Morgan fingerprint density at radius 2 is 1.67 bits per heavy atom. The third kappa shape index (κ3) is 4.64. The van der Waals surface area contributed by atoms with E-state index in [4.69, 9.17) is 9.47 Å². The molecule has 4 aromatic rings. The molecule has 1 heterocycles. The second kappa shape index (κ2) is 9.44. The summed E-state index contributed by atoms with van der Waals surface area (Å²) >= 11 is 0. The maximum absolute atomic E-state index is 12.4. The zero-order valence-electron chi connectivity index (χ0n) is 18.6. The van der Waals surface area contributed by atoms with Gasteiger partial charge in [-0.1, -0.05) is 12.1 Å². The lowest BCUT2D eigenvalue weighted by Gasteiger charge is -2.10. The number of methoxy groups -OCH3 is 2. The van der Waals surface area contributed by atoms with Crippen molar-refractivity contribution in [1.29, 1.82) is 0 Å². The van der Waals surface area contributed by atoms with Crippen LogP contribution in [0.4, 0.5) is 5.69 Å². The lowest BCUT2D eigenvalue weighted by Crippen LogP contribution is -2.32. The average molecular weight is 444 g/mol. The number of anilines is 1. The van der Waals surface area contributed by atoms with Crippen LogP contribution in [0.5, 0.6) is 11.5 Å². The molecule has 0 saturated carbocycles. The maximum atomic E-state index is 12.4. The van der Waals surface area contributed by atoms with E-state index in [1.165, 1.54) is 14.2 Å². The minimum absolute atomic E-state index is 0.167. The van der Waals surface area contributed by atoms with E-state index in [2.05, 4.69) is 15.6 Å². The molecule has 1 aromatic heterocycles. The molecule has 0 saturated heterocycles. The Morgan fingerprint density at radius 1 is 0.939 bits per heavy atom. The van der Waals surface area contributed by atoms with Gasteiger partial charge in [-0.05, 0) is 54.6 Å².